The van der Waals surface area contributed by atoms with E-state index < -0.39 is 10.0 Å². The van der Waals surface area contributed by atoms with Crippen molar-refractivity contribution in [2.75, 3.05) is 13.1 Å². The Kier molecular flexibility index (Phi) is 4.26. The summed E-state index contributed by atoms with van der Waals surface area (Å²) in [6.45, 7) is 2.29. The van der Waals surface area contributed by atoms with Crippen LogP contribution in [0.1, 0.15) is 17.4 Å². The zero-order chi connectivity index (χ0) is 18.3. The van der Waals surface area contributed by atoms with Crippen LogP contribution < -0.4 is 0 Å². The molecule has 0 spiro atoms. The molecule has 2 aromatic heterocycles. The van der Waals surface area contributed by atoms with E-state index in [-0.39, 0.29) is 10.8 Å². The molecule has 7 nitrogen and oxygen atoms in total. The van der Waals surface area contributed by atoms with Gasteiger partial charge in [0.25, 0.3) is 0 Å². The lowest BCUT2D eigenvalue weighted by Crippen LogP contribution is -2.48. The van der Waals surface area contributed by atoms with E-state index in [1.807, 2.05) is 6.07 Å². The number of sulfonamides is 1. The fourth-order valence-electron chi connectivity index (χ4n) is 2.81. The van der Waals surface area contributed by atoms with Crippen molar-refractivity contribution in [3.8, 4) is 11.4 Å². The summed E-state index contributed by atoms with van der Waals surface area (Å²) in [5, 5.41) is 4.38. The van der Waals surface area contributed by atoms with E-state index in [1.165, 1.54) is 4.31 Å². The minimum absolute atomic E-state index is 0.123. The van der Waals surface area contributed by atoms with Crippen LogP contribution in [0.2, 0.25) is 5.02 Å². The maximum atomic E-state index is 12.8. The smallest absolute Gasteiger partial charge is 0.243 e. The molecule has 1 saturated heterocycles. The van der Waals surface area contributed by atoms with Crippen LogP contribution >= 0.6 is 11.6 Å². The van der Waals surface area contributed by atoms with Gasteiger partial charge in [-0.05, 0) is 36.8 Å². The molecule has 0 atom stereocenters. The van der Waals surface area contributed by atoms with Crippen molar-refractivity contribution in [3.05, 3.63) is 59.2 Å². The molecule has 0 aliphatic carbocycles. The van der Waals surface area contributed by atoms with Crippen molar-refractivity contribution in [3.63, 3.8) is 0 Å². The first kappa shape index (κ1) is 17.1. The first-order valence-electron chi connectivity index (χ1n) is 7.96. The highest BCUT2D eigenvalue weighted by molar-refractivity contribution is 7.89. The summed E-state index contributed by atoms with van der Waals surface area (Å²) in [7, 11) is -3.59. The molecule has 26 heavy (non-hydrogen) atoms. The zero-order valence-electron chi connectivity index (χ0n) is 13.8. The van der Waals surface area contributed by atoms with Gasteiger partial charge < -0.3 is 4.52 Å². The van der Waals surface area contributed by atoms with Crippen LogP contribution in [0, 0.1) is 6.92 Å². The van der Waals surface area contributed by atoms with Gasteiger partial charge in [-0.25, -0.2) is 8.42 Å². The number of rotatable bonds is 4. The summed E-state index contributed by atoms with van der Waals surface area (Å²) in [4.78, 5) is 8.61. The predicted octanol–water partition coefficient (Wildman–Crippen LogP) is 2.88. The van der Waals surface area contributed by atoms with E-state index in [1.54, 1.807) is 43.6 Å². The van der Waals surface area contributed by atoms with Gasteiger partial charge in [-0.2, -0.15) is 9.29 Å². The third kappa shape index (κ3) is 2.90. The largest absolute Gasteiger partial charge is 0.339 e. The first-order valence-corrected chi connectivity index (χ1v) is 9.78. The lowest BCUT2D eigenvalue weighted by Gasteiger charge is -2.36. The molecule has 0 radical (unpaired) electrons. The van der Waals surface area contributed by atoms with Gasteiger partial charge in [0.15, 0.2) is 0 Å². The second kappa shape index (κ2) is 6.46. The Morgan fingerprint density at radius 3 is 2.77 bits per heavy atom. The standard InChI is InChI=1S/C17H15ClN4O3S/c1-11-14(18)5-2-6-15(11)26(23,24)22-9-13(10-22)17-20-16(21-25-17)12-4-3-7-19-8-12/h2-8,13H,9-10H2,1H3. The fourth-order valence-corrected chi connectivity index (χ4v) is 4.82. The van der Waals surface area contributed by atoms with Crippen LogP contribution in [0.25, 0.3) is 11.4 Å². The van der Waals surface area contributed by atoms with Gasteiger partial charge in [-0.3, -0.25) is 4.98 Å². The van der Waals surface area contributed by atoms with Crippen molar-refractivity contribution in [2.45, 2.75) is 17.7 Å². The van der Waals surface area contributed by atoms with Gasteiger partial charge in [0.2, 0.25) is 21.7 Å². The topological polar surface area (TPSA) is 89.2 Å². The van der Waals surface area contributed by atoms with Crippen LogP contribution in [0.4, 0.5) is 0 Å². The highest BCUT2D eigenvalue weighted by atomic mass is 35.5. The molecule has 134 valence electrons. The second-order valence-electron chi connectivity index (χ2n) is 6.08. The molecule has 3 heterocycles. The van der Waals surface area contributed by atoms with Crippen molar-refractivity contribution >= 4 is 21.6 Å². The Bertz CT molecular complexity index is 1050. The Morgan fingerprint density at radius 1 is 1.23 bits per heavy atom. The van der Waals surface area contributed by atoms with E-state index in [9.17, 15) is 8.42 Å². The lowest BCUT2D eigenvalue weighted by molar-refractivity contribution is 0.216. The van der Waals surface area contributed by atoms with Crippen LogP contribution in [0.15, 0.2) is 52.1 Å². The predicted molar refractivity (Wildman–Crippen MR) is 95.2 cm³/mol. The van der Waals surface area contributed by atoms with Gasteiger partial charge in [-0.1, -0.05) is 22.8 Å². The molecule has 1 fully saturated rings. The number of pyridine rings is 1. The van der Waals surface area contributed by atoms with Gasteiger partial charge in [0, 0.05) is 36.1 Å². The minimum Gasteiger partial charge on any atom is -0.339 e. The average Bonchev–Trinajstić information content (AvgIpc) is 3.06. The Labute approximate surface area is 155 Å². The summed E-state index contributed by atoms with van der Waals surface area (Å²) in [6.07, 6.45) is 3.31. The van der Waals surface area contributed by atoms with Crippen LogP contribution in [0.3, 0.4) is 0 Å². The first-order chi connectivity index (χ1) is 12.5. The molecular weight excluding hydrogens is 376 g/mol. The van der Waals surface area contributed by atoms with Gasteiger partial charge in [0.1, 0.15) is 0 Å². The summed E-state index contributed by atoms with van der Waals surface area (Å²) in [5.74, 6) is 0.750. The average molecular weight is 391 g/mol. The molecule has 0 amide bonds. The highest BCUT2D eigenvalue weighted by Gasteiger charge is 2.41. The van der Waals surface area contributed by atoms with Gasteiger partial charge >= 0.3 is 0 Å². The molecule has 9 heteroatoms. The maximum Gasteiger partial charge on any atom is 0.243 e. The van der Waals surface area contributed by atoms with E-state index in [4.69, 9.17) is 16.1 Å². The van der Waals surface area contributed by atoms with E-state index in [0.29, 0.717) is 35.4 Å². The fraction of sp³-hybridized carbons (Fsp3) is 0.235. The van der Waals surface area contributed by atoms with Crippen molar-refractivity contribution < 1.29 is 12.9 Å². The summed E-state index contributed by atoms with van der Waals surface area (Å²) < 4.78 is 32.3. The zero-order valence-corrected chi connectivity index (χ0v) is 15.4. The highest BCUT2D eigenvalue weighted by Crippen LogP contribution is 2.34. The molecule has 1 aromatic carbocycles. The number of nitrogens with zero attached hydrogens (tertiary/aromatic N) is 4. The van der Waals surface area contributed by atoms with Crippen molar-refractivity contribution in [2.24, 2.45) is 0 Å². The quantitative estimate of drug-likeness (QED) is 0.680. The Balaban J connectivity index is 1.50. The van der Waals surface area contributed by atoms with Crippen molar-refractivity contribution in [1.29, 1.82) is 0 Å². The maximum absolute atomic E-state index is 12.8. The molecule has 3 aromatic rings. The van der Waals surface area contributed by atoms with Gasteiger partial charge in [-0.15, -0.1) is 0 Å². The number of benzene rings is 1. The Hall–Kier alpha value is -2.29. The second-order valence-corrected chi connectivity index (χ2v) is 8.39. The third-order valence-electron chi connectivity index (χ3n) is 4.39. The molecule has 0 unspecified atom stereocenters. The number of aromatic nitrogens is 3. The molecular formula is C17H15ClN4O3S. The molecule has 1 aliphatic heterocycles. The monoisotopic (exact) mass is 390 g/mol. The lowest BCUT2D eigenvalue weighted by atomic mass is 10.0. The number of halogens is 1. The molecule has 1 aliphatic rings. The van der Waals surface area contributed by atoms with E-state index in [0.717, 1.165) is 5.56 Å². The molecule has 0 saturated carbocycles. The van der Waals surface area contributed by atoms with Crippen LogP contribution in [-0.2, 0) is 10.0 Å². The number of hydrogen-bond acceptors (Lipinski definition) is 6. The molecule has 0 bridgehead atoms. The molecule has 4 rings (SSSR count). The number of hydrogen-bond donors (Lipinski definition) is 0. The Morgan fingerprint density at radius 2 is 2.04 bits per heavy atom. The minimum atomic E-state index is -3.59. The molecule has 0 N–H and O–H groups in total. The summed E-state index contributed by atoms with van der Waals surface area (Å²) in [5.41, 5.74) is 1.30. The van der Waals surface area contributed by atoms with Crippen LogP contribution in [-0.4, -0.2) is 40.9 Å². The van der Waals surface area contributed by atoms with E-state index in [2.05, 4.69) is 15.1 Å². The summed E-state index contributed by atoms with van der Waals surface area (Å²) in [6, 6.07) is 8.50. The van der Waals surface area contributed by atoms with Gasteiger partial charge in [0.05, 0.1) is 10.8 Å². The normalized spacial score (nSPS) is 15.8. The van der Waals surface area contributed by atoms with E-state index >= 15 is 0 Å². The van der Waals surface area contributed by atoms with Crippen molar-refractivity contribution in [1.82, 2.24) is 19.4 Å². The SMILES string of the molecule is Cc1c(Cl)cccc1S(=O)(=O)N1CC(c2nc(-c3cccnc3)no2)C1. The summed E-state index contributed by atoms with van der Waals surface area (Å²) >= 11 is 6.05. The third-order valence-corrected chi connectivity index (χ3v) is 6.78. The van der Waals surface area contributed by atoms with Crippen LogP contribution in [0.5, 0.6) is 0 Å².